The van der Waals surface area contributed by atoms with Crippen LogP contribution in [0.1, 0.15) is 48.5 Å². The Morgan fingerprint density at radius 3 is 1.51 bits per heavy atom. The number of allylic oxidation sites excluding steroid dienone is 2. The topological polar surface area (TPSA) is 52.6 Å². The lowest BCUT2D eigenvalue weighted by molar-refractivity contribution is 0.0989. The van der Waals surface area contributed by atoms with Crippen molar-refractivity contribution in [3.05, 3.63) is 141 Å². The summed E-state index contributed by atoms with van der Waals surface area (Å²) in [6, 6.07) is 28.1. The predicted molar refractivity (Wildman–Crippen MR) is 144 cm³/mol. The van der Waals surface area contributed by atoms with Gasteiger partial charge in [0.15, 0.2) is 11.6 Å². The van der Waals surface area contributed by atoms with Gasteiger partial charge in [-0.25, -0.2) is 0 Å². The van der Waals surface area contributed by atoms with E-state index in [9.17, 15) is 9.59 Å². The lowest BCUT2D eigenvalue weighted by Gasteiger charge is -2.30. The maximum Gasteiger partial charge on any atom is 0.198 e. The van der Waals surface area contributed by atoms with E-state index in [1.807, 2.05) is 99.6 Å². The first-order valence-electron chi connectivity index (χ1n) is 12.2. The number of hydrogen-bond donors (Lipinski definition) is 0. The third-order valence-corrected chi connectivity index (χ3v) is 6.85. The van der Waals surface area contributed by atoms with Crippen LogP contribution in [-0.2, 0) is 0 Å². The molecule has 0 spiro atoms. The zero-order valence-corrected chi connectivity index (χ0v) is 20.8. The van der Waals surface area contributed by atoms with Crippen LogP contribution in [0.25, 0.3) is 11.5 Å². The average molecular weight is 485 g/mol. The molecule has 0 aliphatic heterocycles. The number of aryl methyl sites for hydroxylation is 3. The van der Waals surface area contributed by atoms with Crippen molar-refractivity contribution in [2.75, 3.05) is 0 Å². The number of rotatable bonds is 4. The lowest BCUT2D eigenvalue weighted by atomic mass is 9.76. The highest BCUT2D eigenvalue weighted by molar-refractivity contribution is 6.34. The van der Waals surface area contributed by atoms with Crippen molar-refractivity contribution in [3.63, 3.8) is 0 Å². The Labute approximate surface area is 215 Å². The molecule has 0 amide bonds. The Balaban J connectivity index is 1.69. The molecule has 0 unspecified atom stereocenters. The number of Topliss-reactive ketones (excluding diaryl/α,β-unsaturated/α-hetero) is 2. The molecule has 0 aromatic heterocycles. The van der Waals surface area contributed by atoms with Crippen LogP contribution in [0.4, 0.5) is 0 Å². The van der Waals surface area contributed by atoms with Gasteiger partial charge in [-0.1, -0.05) is 78.4 Å². The van der Waals surface area contributed by atoms with Gasteiger partial charge in [-0.2, -0.15) is 0 Å². The summed E-state index contributed by atoms with van der Waals surface area (Å²) in [6.45, 7) is 5.86. The standard InChI is InChI=1S/C33H24O4/c1-19-16-17-23-25(18-19)33(37-27-15-9-5-11-21(27)3)29-28(31(23)35)32(36-26-14-8-4-10-20(26)2)24-13-7-6-12-22(24)30(29)34/h4-18H,1-3H3. The highest BCUT2D eigenvalue weighted by Gasteiger charge is 2.42. The van der Waals surface area contributed by atoms with Crippen molar-refractivity contribution in [2.45, 2.75) is 20.8 Å². The molecule has 0 bridgehead atoms. The van der Waals surface area contributed by atoms with Crippen molar-refractivity contribution >= 4 is 23.1 Å². The van der Waals surface area contributed by atoms with Crippen molar-refractivity contribution < 1.29 is 19.1 Å². The molecule has 0 heterocycles. The molecule has 37 heavy (non-hydrogen) atoms. The summed E-state index contributed by atoms with van der Waals surface area (Å²) in [5.74, 6) is 1.46. The Hall–Kier alpha value is -4.70. The minimum atomic E-state index is -0.258. The number of carbonyl (C=O) groups excluding carboxylic acids is 2. The van der Waals surface area contributed by atoms with E-state index in [0.29, 0.717) is 45.3 Å². The van der Waals surface area contributed by atoms with E-state index in [1.54, 1.807) is 12.1 Å². The third-order valence-electron chi connectivity index (χ3n) is 6.85. The van der Waals surface area contributed by atoms with Crippen LogP contribution in [0.5, 0.6) is 11.5 Å². The van der Waals surface area contributed by atoms with Crippen molar-refractivity contribution in [2.24, 2.45) is 0 Å². The van der Waals surface area contributed by atoms with Crippen LogP contribution < -0.4 is 9.47 Å². The van der Waals surface area contributed by atoms with Crippen LogP contribution >= 0.6 is 0 Å². The number of para-hydroxylation sites is 2. The van der Waals surface area contributed by atoms with Gasteiger partial charge in [0.1, 0.15) is 23.0 Å². The van der Waals surface area contributed by atoms with Crippen LogP contribution in [0.3, 0.4) is 0 Å². The summed E-state index contributed by atoms with van der Waals surface area (Å²) in [7, 11) is 0. The molecule has 4 heteroatoms. The zero-order valence-electron chi connectivity index (χ0n) is 20.8. The van der Waals surface area contributed by atoms with Crippen molar-refractivity contribution in [3.8, 4) is 11.5 Å². The van der Waals surface area contributed by atoms with E-state index in [0.717, 1.165) is 16.7 Å². The summed E-state index contributed by atoms with van der Waals surface area (Å²) in [6.07, 6.45) is 0. The van der Waals surface area contributed by atoms with Gasteiger partial charge in [-0.15, -0.1) is 0 Å². The number of carbonyl (C=O) groups is 2. The van der Waals surface area contributed by atoms with Gasteiger partial charge in [0.25, 0.3) is 0 Å². The van der Waals surface area contributed by atoms with E-state index >= 15 is 0 Å². The van der Waals surface area contributed by atoms with Gasteiger partial charge >= 0.3 is 0 Å². The summed E-state index contributed by atoms with van der Waals surface area (Å²) in [4.78, 5) is 28.2. The van der Waals surface area contributed by atoms with E-state index < -0.39 is 0 Å². The second kappa shape index (κ2) is 8.75. The summed E-state index contributed by atoms with van der Waals surface area (Å²) < 4.78 is 13.0. The first-order chi connectivity index (χ1) is 17.9. The zero-order chi connectivity index (χ0) is 25.7. The maximum atomic E-state index is 14.1. The number of benzene rings is 4. The Kier molecular flexibility index (Phi) is 5.38. The SMILES string of the molecule is Cc1ccc2c(c1)C(Oc1ccccc1C)=C1C(=O)c3ccccc3C(Oc3ccccc3C)=C1C2=O. The molecule has 0 saturated heterocycles. The first kappa shape index (κ1) is 22.7. The predicted octanol–water partition coefficient (Wildman–Crippen LogP) is 7.28. The van der Waals surface area contributed by atoms with Gasteiger partial charge < -0.3 is 9.47 Å². The number of fused-ring (bicyclic) bond motifs is 3. The Morgan fingerprint density at radius 1 is 0.486 bits per heavy atom. The average Bonchev–Trinajstić information content (AvgIpc) is 2.90. The fraction of sp³-hybridized carbons (Fsp3) is 0.0909. The smallest absolute Gasteiger partial charge is 0.198 e. The quantitative estimate of drug-likeness (QED) is 0.305. The number of hydrogen-bond acceptors (Lipinski definition) is 4. The molecule has 4 nitrogen and oxygen atoms in total. The minimum absolute atomic E-state index is 0.229. The second-order valence-corrected chi connectivity index (χ2v) is 9.40. The summed E-state index contributed by atoms with van der Waals surface area (Å²) in [5.41, 5.74) is 5.42. The van der Waals surface area contributed by atoms with Crippen LogP contribution in [0.2, 0.25) is 0 Å². The van der Waals surface area contributed by atoms with Crippen LogP contribution in [0.15, 0.2) is 102 Å². The highest BCUT2D eigenvalue weighted by Crippen LogP contribution is 2.45. The van der Waals surface area contributed by atoms with E-state index in [1.165, 1.54) is 0 Å². The molecule has 4 aromatic rings. The molecule has 0 atom stereocenters. The minimum Gasteiger partial charge on any atom is -0.456 e. The first-order valence-corrected chi connectivity index (χ1v) is 12.2. The monoisotopic (exact) mass is 484 g/mol. The Bertz CT molecular complexity index is 1690. The molecule has 0 N–H and O–H groups in total. The Morgan fingerprint density at radius 2 is 0.946 bits per heavy atom. The highest BCUT2D eigenvalue weighted by atomic mass is 16.5. The van der Waals surface area contributed by atoms with E-state index in [-0.39, 0.29) is 22.7 Å². The summed E-state index contributed by atoms with van der Waals surface area (Å²) in [5, 5.41) is 0. The molecular weight excluding hydrogens is 460 g/mol. The van der Waals surface area contributed by atoms with Gasteiger partial charge in [-0.05, 0) is 50.1 Å². The van der Waals surface area contributed by atoms with Crippen molar-refractivity contribution in [1.82, 2.24) is 0 Å². The van der Waals surface area contributed by atoms with Gasteiger partial charge in [0.05, 0.1) is 11.1 Å². The fourth-order valence-corrected chi connectivity index (χ4v) is 4.90. The molecule has 2 aliphatic rings. The molecule has 0 saturated carbocycles. The van der Waals surface area contributed by atoms with Gasteiger partial charge in [0.2, 0.25) is 0 Å². The number of ketones is 2. The van der Waals surface area contributed by atoms with Crippen LogP contribution in [0, 0.1) is 20.8 Å². The largest absolute Gasteiger partial charge is 0.456 e. The second-order valence-electron chi connectivity index (χ2n) is 9.40. The third kappa shape index (κ3) is 3.69. The normalized spacial score (nSPS) is 14.2. The molecule has 0 radical (unpaired) electrons. The molecule has 4 aromatic carbocycles. The molecular formula is C33H24O4. The molecule has 180 valence electrons. The van der Waals surface area contributed by atoms with Crippen molar-refractivity contribution in [1.29, 1.82) is 0 Å². The fourth-order valence-electron chi connectivity index (χ4n) is 4.90. The number of ether oxygens (including phenoxy) is 2. The molecule has 2 aliphatic carbocycles. The lowest BCUT2D eigenvalue weighted by Crippen LogP contribution is -2.29. The summed E-state index contributed by atoms with van der Waals surface area (Å²) >= 11 is 0. The van der Waals surface area contributed by atoms with Crippen LogP contribution in [-0.4, -0.2) is 11.6 Å². The molecule has 6 rings (SSSR count). The van der Waals surface area contributed by atoms with E-state index in [4.69, 9.17) is 9.47 Å². The maximum absolute atomic E-state index is 14.1. The van der Waals surface area contributed by atoms with E-state index in [2.05, 4.69) is 0 Å². The molecule has 0 fully saturated rings. The van der Waals surface area contributed by atoms with Gasteiger partial charge in [-0.3, -0.25) is 9.59 Å². The van der Waals surface area contributed by atoms with Gasteiger partial charge in [0, 0.05) is 22.3 Å².